The Balaban J connectivity index is 1.78. The standard InChI is InChI=1S/C21H22N8O3/c1-21(2,3)14-11-15(29(26-14)19-22-9-6-10-23-19)25-17(30)13-8-7-12-16(24-13)27(4)20(32)28(5)18(12)31/h6-11H,1-5H3,(H,25,30). The summed E-state index contributed by atoms with van der Waals surface area (Å²) in [7, 11) is 2.89. The molecule has 11 heteroatoms. The number of pyridine rings is 1. The Kier molecular flexibility index (Phi) is 4.96. The minimum Gasteiger partial charge on any atom is -0.305 e. The van der Waals surface area contributed by atoms with Gasteiger partial charge in [-0.3, -0.25) is 18.7 Å². The van der Waals surface area contributed by atoms with Crippen LogP contribution in [0.2, 0.25) is 0 Å². The lowest BCUT2D eigenvalue weighted by atomic mass is 9.92. The molecule has 0 radical (unpaired) electrons. The zero-order valence-electron chi connectivity index (χ0n) is 18.3. The molecule has 1 amide bonds. The van der Waals surface area contributed by atoms with Crippen molar-refractivity contribution >= 4 is 22.8 Å². The van der Waals surface area contributed by atoms with Crippen molar-refractivity contribution in [1.82, 2.24) is 33.9 Å². The number of nitrogens with zero attached hydrogens (tertiary/aromatic N) is 7. The zero-order valence-corrected chi connectivity index (χ0v) is 18.3. The van der Waals surface area contributed by atoms with Crippen LogP contribution in [0.5, 0.6) is 0 Å². The first-order chi connectivity index (χ1) is 15.1. The third kappa shape index (κ3) is 3.57. The van der Waals surface area contributed by atoms with Crippen molar-refractivity contribution < 1.29 is 4.79 Å². The van der Waals surface area contributed by atoms with Gasteiger partial charge in [0.2, 0.25) is 0 Å². The van der Waals surface area contributed by atoms with Crippen LogP contribution in [-0.2, 0) is 19.5 Å². The van der Waals surface area contributed by atoms with Crippen LogP contribution in [0.1, 0.15) is 37.0 Å². The van der Waals surface area contributed by atoms with Crippen LogP contribution in [0.4, 0.5) is 5.82 Å². The van der Waals surface area contributed by atoms with Gasteiger partial charge < -0.3 is 5.32 Å². The predicted molar refractivity (Wildman–Crippen MR) is 118 cm³/mol. The highest BCUT2D eigenvalue weighted by molar-refractivity contribution is 6.03. The van der Waals surface area contributed by atoms with E-state index in [-0.39, 0.29) is 22.1 Å². The fraction of sp³-hybridized carbons (Fsp3) is 0.286. The second kappa shape index (κ2) is 7.52. The van der Waals surface area contributed by atoms with Gasteiger partial charge in [0, 0.05) is 38.0 Å². The van der Waals surface area contributed by atoms with Crippen LogP contribution in [-0.4, -0.2) is 39.8 Å². The Morgan fingerprint density at radius 3 is 2.38 bits per heavy atom. The molecule has 0 fully saturated rings. The van der Waals surface area contributed by atoms with Gasteiger partial charge in [0.05, 0.1) is 11.1 Å². The van der Waals surface area contributed by atoms with E-state index in [9.17, 15) is 14.4 Å². The molecule has 0 aliphatic rings. The first kappa shape index (κ1) is 21.1. The van der Waals surface area contributed by atoms with E-state index >= 15 is 0 Å². The van der Waals surface area contributed by atoms with Crippen LogP contribution in [0.15, 0.2) is 46.2 Å². The molecule has 0 aliphatic carbocycles. The summed E-state index contributed by atoms with van der Waals surface area (Å²) in [6.07, 6.45) is 3.16. The van der Waals surface area contributed by atoms with Gasteiger partial charge in [0.15, 0.2) is 0 Å². The molecular formula is C21H22N8O3. The number of fused-ring (bicyclic) bond motifs is 1. The van der Waals surface area contributed by atoms with E-state index in [4.69, 9.17) is 0 Å². The summed E-state index contributed by atoms with van der Waals surface area (Å²) in [5.74, 6) is 0.138. The van der Waals surface area contributed by atoms with Crippen molar-refractivity contribution in [2.45, 2.75) is 26.2 Å². The summed E-state index contributed by atoms with van der Waals surface area (Å²) in [4.78, 5) is 50.3. The van der Waals surface area contributed by atoms with Gasteiger partial charge >= 0.3 is 5.69 Å². The van der Waals surface area contributed by atoms with Crippen molar-refractivity contribution in [3.05, 3.63) is 68.9 Å². The number of aromatic nitrogens is 7. The predicted octanol–water partition coefficient (Wildman–Crippen LogP) is 1.16. The number of anilines is 1. The number of nitrogens with one attached hydrogen (secondary N) is 1. The van der Waals surface area contributed by atoms with Crippen molar-refractivity contribution in [3.63, 3.8) is 0 Å². The third-order valence-electron chi connectivity index (χ3n) is 5.00. The number of carbonyl (C=O) groups is 1. The second-order valence-corrected chi connectivity index (χ2v) is 8.35. The Morgan fingerprint density at radius 1 is 1.03 bits per heavy atom. The average Bonchev–Trinajstić information content (AvgIpc) is 3.20. The molecule has 0 saturated carbocycles. The van der Waals surface area contributed by atoms with Crippen molar-refractivity contribution in [1.29, 1.82) is 0 Å². The first-order valence-electron chi connectivity index (χ1n) is 9.84. The normalized spacial score (nSPS) is 11.7. The van der Waals surface area contributed by atoms with Gasteiger partial charge in [0.25, 0.3) is 17.4 Å². The molecule has 32 heavy (non-hydrogen) atoms. The molecule has 4 rings (SSSR count). The largest absolute Gasteiger partial charge is 0.332 e. The van der Waals surface area contributed by atoms with Crippen LogP contribution >= 0.6 is 0 Å². The lowest BCUT2D eigenvalue weighted by molar-refractivity contribution is 0.102. The Hall–Kier alpha value is -4.15. The quantitative estimate of drug-likeness (QED) is 0.512. The van der Waals surface area contributed by atoms with E-state index in [1.807, 2.05) is 20.8 Å². The maximum Gasteiger partial charge on any atom is 0.332 e. The van der Waals surface area contributed by atoms with E-state index in [1.54, 1.807) is 24.5 Å². The minimum absolute atomic E-state index is 0.0415. The molecule has 0 spiro atoms. The van der Waals surface area contributed by atoms with Gasteiger partial charge in [0.1, 0.15) is 17.2 Å². The summed E-state index contributed by atoms with van der Waals surface area (Å²) in [5.41, 5.74) is -0.379. The molecule has 0 atom stereocenters. The minimum atomic E-state index is -0.530. The summed E-state index contributed by atoms with van der Waals surface area (Å²) < 4.78 is 3.68. The lowest BCUT2D eigenvalue weighted by Gasteiger charge is -2.13. The summed E-state index contributed by atoms with van der Waals surface area (Å²) in [5, 5.41) is 7.59. The molecular weight excluding hydrogens is 412 g/mol. The maximum atomic E-state index is 13.0. The number of amides is 1. The fourth-order valence-electron chi connectivity index (χ4n) is 3.15. The molecule has 1 N–H and O–H groups in total. The highest BCUT2D eigenvalue weighted by Gasteiger charge is 2.23. The molecule has 0 bridgehead atoms. The van der Waals surface area contributed by atoms with Crippen molar-refractivity contribution in [2.75, 3.05) is 5.32 Å². The summed E-state index contributed by atoms with van der Waals surface area (Å²) >= 11 is 0. The van der Waals surface area contributed by atoms with Crippen LogP contribution in [0.25, 0.3) is 17.0 Å². The van der Waals surface area contributed by atoms with E-state index < -0.39 is 17.2 Å². The topological polar surface area (TPSA) is 130 Å². The van der Waals surface area contributed by atoms with Gasteiger partial charge in [-0.05, 0) is 18.2 Å². The number of hydrogen-bond acceptors (Lipinski definition) is 7. The van der Waals surface area contributed by atoms with Crippen molar-refractivity contribution in [3.8, 4) is 5.95 Å². The number of aryl methyl sites for hydroxylation is 1. The number of rotatable bonds is 3. The smallest absolute Gasteiger partial charge is 0.305 e. The van der Waals surface area contributed by atoms with Gasteiger partial charge in [-0.2, -0.15) is 9.78 Å². The Bertz CT molecular complexity index is 1460. The molecule has 4 aromatic heterocycles. The SMILES string of the molecule is Cn1c(=O)c2ccc(C(=O)Nc3cc(C(C)(C)C)nn3-c3ncccn3)nc2n(C)c1=O. The van der Waals surface area contributed by atoms with Gasteiger partial charge in [-0.1, -0.05) is 20.8 Å². The van der Waals surface area contributed by atoms with E-state index in [0.29, 0.717) is 11.8 Å². The highest BCUT2D eigenvalue weighted by Crippen LogP contribution is 2.25. The summed E-state index contributed by atoms with van der Waals surface area (Å²) in [6.45, 7) is 6.01. The summed E-state index contributed by atoms with van der Waals surface area (Å²) in [6, 6.07) is 6.36. The molecule has 4 heterocycles. The molecule has 4 aromatic rings. The average molecular weight is 434 g/mol. The van der Waals surface area contributed by atoms with Gasteiger partial charge in [-0.15, -0.1) is 0 Å². The number of hydrogen-bond donors (Lipinski definition) is 1. The van der Waals surface area contributed by atoms with E-state index in [1.165, 1.54) is 35.5 Å². The lowest BCUT2D eigenvalue weighted by Crippen LogP contribution is -2.37. The molecule has 0 aromatic carbocycles. The number of carbonyl (C=O) groups excluding carboxylic acids is 1. The molecule has 0 aliphatic heterocycles. The Morgan fingerprint density at radius 2 is 1.72 bits per heavy atom. The molecule has 164 valence electrons. The second-order valence-electron chi connectivity index (χ2n) is 8.35. The van der Waals surface area contributed by atoms with Crippen LogP contribution in [0, 0.1) is 0 Å². The maximum absolute atomic E-state index is 13.0. The van der Waals surface area contributed by atoms with Crippen LogP contribution < -0.4 is 16.6 Å². The van der Waals surface area contributed by atoms with Crippen molar-refractivity contribution in [2.24, 2.45) is 14.1 Å². The molecule has 0 saturated heterocycles. The zero-order chi connectivity index (χ0) is 23.2. The molecule has 11 nitrogen and oxygen atoms in total. The highest BCUT2D eigenvalue weighted by atomic mass is 16.2. The van der Waals surface area contributed by atoms with E-state index in [2.05, 4.69) is 25.4 Å². The monoisotopic (exact) mass is 434 g/mol. The van der Waals surface area contributed by atoms with Gasteiger partial charge in [-0.25, -0.2) is 19.7 Å². The van der Waals surface area contributed by atoms with E-state index in [0.717, 1.165) is 10.3 Å². The molecule has 0 unspecified atom stereocenters. The Labute approximate surface area is 182 Å². The third-order valence-corrected chi connectivity index (χ3v) is 5.00. The van der Waals surface area contributed by atoms with Crippen LogP contribution in [0.3, 0.4) is 0 Å². The first-order valence-corrected chi connectivity index (χ1v) is 9.84. The fourth-order valence-corrected chi connectivity index (χ4v) is 3.15.